The van der Waals surface area contributed by atoms with E-state index in [1.54, 1.807) is 12.3 Å². The molecule has 3 heterocycles. The number of hydrogen-bond acceptors (Lipinski definition) is 5. The van der Waals surface area contributed by atoms with Gasteiger partial charge in [0.2, 0.25) is 5.91 Å². The van der Waals surface area contributed by atoms with E-state index in [-0.39, 0.29) is 11.8 Å². The maximum atomic E-state index is 12.6. The van der Waals surface area contributed by atoms with E-state index >= 15 is 0 Å². The van der Waals surface area contributed by atoms with Crippen LogP contribution in [0.4, 0.5) is 5.82 Å². The molecule has 2 aliphatic rings. The predicted molar refractivity (Wildman–Crippen MR) is 122 cm³/mol. The van der Waals surface area contributed by atoms with Crippen molar-refractivity contribution in [1.29, 1.82) is 5.26 Å². The highest BCUT2D eigenvalue weighted by Crippen LogP contribution is 2.22. The molecule has 1 saturated heterocycles. The molecular formula is C25H31N5O. The van der Waals surface area contributed by atoms with Crippen molar-refractivity contribution < 1.29 is 4.79 Å². The van der Waals surface area contributed by atoms with Crippen molar-refractivity contribution in [3.05, 3.63) is 58.8 Å². The normalized spacial score (nSPS) is 17.1. The Kier molecular flexibility index (Phi) is 6.83. The molecule has 2 aliphatic heterocycles. The summed E-state index contributed by atoms with van der Waals surface area (Å²) in [5.74, 6) is 1.16. The number of nitriles is 1. The minimum absolute atomic E-state index is 0.0831. The number of fused-ring (bicyclic) bond motifs is 1. The molecule has 0 bridgehead atoms. The first-order valence-corrected chi connectivity index (χ1v) is 11.3. The molecule has 0 aliphatic carbocycles. The van der Waals surface area contributed by atoms with Crippen LogP contribution in [-0.2, 0) is 17.8 Å². The van der Waals surface area contributed by atoms with Gasteiger partial charge >= 0.3 is 0 Å². The quantitative estimate of drug-likeness (QED) is 0.732. The third-order valence-electron chi connectivity index (χ3n) is 6.47. The van der Waals surface area contributed by atoms with Gasteiger partial charge in [-0.25, -0.2) is 4.98 Å². The molecule has 0 radical (unpaired) electrons. The number of nitrogens with one attached hydrogen (secondary N) is 1. The topological polar surface area (TPSA) is 72.3 Å². The molecule has 162 valence electrons. The fraction of sp³-hybridized carbons (Fsp3) is 0.480. The number of aromatic nitrogens is 1. The van der Waals surface area contributed by atoms with Crippen molar-refractivity contribution in [2.75, 3.05) is 37.6 Å². The number of carbonyl (C=O) groups excluding carboxylic acids is 1. The largest absolute Gasteiger partial charge is 0.357 e. The van der Waals surface area contributed by atoms with E-state index in [1.165, 1.54) is 16.7 Å². The van der Waals surface area contributed by atoms with Gasteiger partial charge in [0.05, 0.1) is 5.56 Å². The molecule has 2 aromatic rings. The van der Waals surface area contributed by atoms with Gasteiger partial charge in [-0.05, 0) is 55.9 Å². The second kappa shape index (κ2) is 9.93. The fourth-order valence-corrected chi connectivity index (χ4v) is 4.60. The predicted octanol–water partition coefficient (Wildman–Crippen LogP) is 3.04. The van der Waals surface area contributed by atoms with Crippen LogP contribution < -0.4 is 10.2 Å². The lowest BCUT2D eigenvalue weighted by Gasteiger charge is -2.32. The van der Waals surface area contributed by atoms with Crippen molar-refractivity contribution in [2.45, 2.75) is 39.2 Å². The van der Waals surface area contributed by atoms with Crippen LogP contribution in [0.25, 0.3) is 0 Å². The van der Waals surface area contributed by atoms with Crippen LogP contribution in [-0.4, -0.2) is 48.5 Å². The van der Waals surface area contributed by atoms with Crippen LogP contribution in [0.3, 0.4) is 0 Å². The molecule has 0 saturated carbocycles. The van der Waals surface area contributed by atoms with E-state index in [2.05, 4.69) is 51.3 Å². The van der Waals surface area contributed by atoms with E-state index in [1.807, 2.05) is 6.07 Å². The first-order chi connectivity index (χ1) is 15.1. The zero-order valence-corrected chi connectivity index (χ0v) is 18.3. The van der Waals surface area contributed by atoms with Crippen molar-refractivity contribution in [1.82, 2.24) is 15.2 Å². The molecule has 1 amide bonds. The number of anilines is 1. The second-order valence-corrected chi connectivity index (χ2v) is 8.72. The highest BCUT2D eigenvalue weighted by Gasteiger charge is 2.25. The van der Waals surface area contributed by atoms with Gasteiger partial charge in [0.1, 0.15) is 11.9 Å². The molecule has 0 unspecified atom stereocenters. The number of rotatable bonds is 6. The zero-order chi connectivity index (χ0) is 21.6. The number of aryl methyl sites for hydroxylation is 1. The molecule has 4 rings (SSSR count). The smallest absolute Gasteiger partial charge is 0.223 e. The first-order valence-electron chi connectivity index (χ1n) is 11.3. The van der Waals surface area contributed by atoms with Crippen molar-refractivity contribution >= 4 is 11.7 Å². The van der Waals surface area contributed by atoms with E-state index in [9.17, 15) is 4.79 Å². The zero-order valence-electron chi connectivity index (χ0n) is 18.3. The van der Waals surface area contributed by atoms with Gasteiger partial charge in [-0.1, -0.05) is 23.8 Å². The van der Waals surface area contributed by atoms with Gasteiger partial charge in [0.15, 0.2) is 0 Å². The lowest BCUT2D eigenvalue weighted by Crippen LogP contribution is -2.41. The number of hydrogen-bond donors (Lipinski definition) is 1. The van der Waals surface area contributed by atoms with Crippen molar-refractivity contribution in [3.8, 4) is 6.07 Å². The van der Waals surface area contributed by atoms with Crippen LogP contribution in [0.5, 0.6) is 0 Å². The van der Waals surface area contributed by atoms with Gasteiger partial charge in [-0.3, -0.25) is 9.69 Å². The Labute approximate surface area is 184 Å². The molecule has 1 N–H and O–H groups in total. The van der Waals surface area contributed by atoms with Crippen LogP contribution in [0.15, 0.2) is 36.5 Å². The molecule has 1 aromatic carbocycles. The Morgan fingerprint density at radius 1 is 1.19 bits per heavy atom. The molecule has 6 nitrogen and oxygen atoms in total. The highest BCUT2D eigenvalue weighted by molar-refractivity contribution is 5.78. The van der Waals surface area contributed by atoms with Crippen LogP contribution in [0.1, 0.15) is 41.5 Å². The van der Waals surface area contributed by atoms with Gasteiger partial charge in [0, 0.05) is 51.4 Å². The van der Waals surface area contributed by atoms with E-state index in [0.29, 0.717) is 5.56 Å². The third-order valence-corrected chi connectivity index (χ3v) is 6.47. The minimum atomic E-state index is 0.0831. The molecule has 1 fully saturated rings. The Balaban J connectivity index is 1.15. The van der Waals surface area contributed by atoms with Crippen molar-refractivity contribution in [3.63, 3.8) is 0 Å². The third kappa shape index (κ3) is 5.42. The Morgan fingerprint density at radius 2 is 2.03 bits per heavy atom. The van der Waals surface area contributed by atoms with Crippen LogP contribution in [0.2, 0.25) is 0 Å². The standard InChI is InChI=1S/C25H31N5O/c1-19-3-5-23-18-29(12-7-22(23)15-19)11-2-10-27-25(31)21-8-13-30(14-9-21)24-6-4-20(16-26)17-28-24/h3-6,15,17,21H,2,7-14,18H2,1H3,(H,27,31). The Morgan fingerprint density at radius 3 is 2.77 bits per heavy atom. The van der Waals surface area contributed by atoms with E-state index in [0.717, 1.165) is 70.8 Å². The summed E-state index contributed by atoms with van der Waals surface area (Å²) in [7, 11) is 0. The summed E-state index contributed by atoms with van der Waals surface area (Å²) in [6.45, 7) is 7.69. The summed E-state index contributed by atoms with van der Waals surface area (Å²) in [6.07, 6.45) is 5.40. The second-order valence-electron chi connectivity index (χ2n) is 8.72. The maximum absolute atomic E-state index is 12.6. The van der Waals surface area contributed by atoms with Crippen LogP contribution in [0, 0.1) is 24.2 Å². The molecule has 31 heavy (non-hydrogen) atoms. The minimum Gasteiger partial charge on any atom is -0.357 e. The molecular weight excluding hydrogens is 386 g/mol. The SMILES string of the molecule is Cc1ccc2c(c1)CCN(CCCNC(=O)C1CCN(c3ccc(C#N)cn3)CC1)C2. The fourth-order valence-electron chi connectivity index (χ4n) is 4.60. The summed E-state index contributed by atoms with van der Waals surface area (Å²) in [5, 5.41) is 12.0. The Hall–Kier alpha value is -2.91. The summed E-state index contributed by atoms with van der Waals surface area (Å²) in [5.41, 5.74) is 4.85. The summed E-state index contributed by atoms with van der Waals surface area (Å²) in [6, 6.07) is 12.6. The number of amides is 1. The number of piperidine rings is 1. The molecule has 0 spiro atoms. The lowest BCUT2D eigenvalue weighted by atomic mass is 9.96. The van der Waals surface area contributed by atoms with E-state index in [4.69, 9.17) is 5.26 Å². The number of carbonyl (C=O) groups is 1. The molecule has 0 atom stereocenters. The van der Waals surface area contributed by atoms with Gasteiger partial charge in [-0.15, -0.1) is 0 Å². The molecule has 6 heteroatoms. The van der Waals surface area contributed by atoms with Gasteiger partial charge in [-0.2, -0.15) is 5.26 Å². The van der Waals surface area contributed by atoms with Gasteiger partial charge < -0.3 is 10.2 Å². The summed E-state index contributed by atoms with van der Waals surface area (Å²) < 4.78 is 0. The van der Waals surface area contributed by atoms with Crippen molar-refractivity contribution in [2.24, 2.45) is 5.92 Å². The van der Waals surface area contributed by atoms with Gasteiger partial charge in [0.25, 0.3) is 0 Å². The molecule has 1 aromatic heterocycles. The number of nitrogens with zero attached hydrogens (tertiary/aromatic N) is 4. The first kappa shape index (κ1) is 21.3. The highest BCUT2D eigenvalue weighted by atomic mass is 16.1. The maximum Gasteiger partial charge on any atom is 0.223 e. The average Bonchev–Trinajstić information content (AvgIpc) is 2.82. The van der Waals surface area contributed by atoms with Crippen LogP contribution >= 0.6 is 0 Å². The Bertz CT molecular complexity index is 941. The monoisotopic (exact) mass is 417 g/mol. The lowest BCUT2D eigenvalue weighted by molar-refractivity contribution is -0.125. The van der Waals surface area contributed by atoms with E-state index < -0.39 is 0 Å². The average molecular weight is 418 g/mol. The number of pyridine rings is 1. The number of benzene rings is 1. The summed E-state index contributed by atoms with van der Waals surface area (Å²) in [4.78, 5) is 21.6. The summed E-state index contributed by atoms with van der Waals surface area (Å²) >= 11 is 0.